The van der Waals surface area contributed by atoms with Crippen LogP contribution in [0.4, 0.5) is 0 Å². The van der Waals surface area contributed by atoms with Gasteiger partial charge in [0.15, 0.2) is 5.84 Å². The quantitative estimate of drug-likeness (QED) is 0.174. The van der Waals surface area contributed by atoms with Gasteiger partial charge in [-0.3, -0.25) is 19.7 Å². The highest BCUT2D eigenvalue weighted by Crippen LogP contribution is 2.10. The molecule has 2 atom stereocenters. The lowest BCUT2D eigenvalue weighted by molar-refractivity contribution is -0.150. The summed E-state index contributed by atoms with van der Waals surface area (Å²) < 4.78 is 0. The van der Waals surface area contributed by atoms with Crippen molar-refractivity contribution in [1.82, 2.24) is 10.2 Å². The van der Waals surface area contributed by atoms with Crippen molar-refractivity contribution < 1.29 is 19.6 Å². The van der Waals surface area contributed by atoms with Crippen LogP contribution < -0.4 is 11.1 Å². The Balaban J connectivity index is 2.87. The summed E-state index contributed by atoms with van der Waals surface area (Å²) in [5.74, 6) is -2.77. The molecule has 0 saturated carbocycles. The first-order valence-corrected chi connectivity index (χ1v) is 5.00. The Kier molecular flexibility index (Phi) is 3.66. The van der Waals surface area contributed by atoms with Crippen LogP contribution in [0.1, 0.15) is 13.8 Å². The summed E-state index contributed by atoms with van der Waals surface area (Å²) in [5.41, 5.74) is 5.31. The maximum Gasteiger partial charge on any atom is 0.249 e. The number of imide groups is 1. The topological polar surface area (TPSA) is 125 Å². The number of hydrogen-bond donors (Lipinski definition) is 3. The normalized spacial score (nSPS) is 23.3. The third-order valence-corrected chi connectivity index (χ3v) is 2.64. The maximum atomic E-state index is 11.9. The van der Waals surface area contributed by atoms with Gasteiger partial charge in [0, 0.05) is 0 Å². The lowest BCUT2D eigenvalue weighted by Gasteiger charge is -2.33. The summed E-state index contributed by atoms with van der Waals surface area (Å²) in [5, 5.41) is 13.3. The molecule has 0 aliphatic carbocycles. The van der Waals surface area contributed by atoms with Gasteiger partial charge in [-0.05, 0) is 13.8 Å². The van der Waals surface area contributed by atoms with Crippen molar-refractivity contribution in [2.75, 3.05) is 6.54 Å². The minimum Gasteiger partial charge on any atom is -0.409 e. The molecule has 8 nitrogen and oxygen atoms in total. The van der Waals surface area contributed by atoms with Crippen LogP contribution in [0.15, 0.2) is 5.16 Å². The molecule has 0 radical (unpaired) electrons. The molecule has 0 aromatic heterocycles. The number of carbonyl (C=O) groups excluding carboxylic acids is 3. The van der Waals surface area contributed by atoms with Crippen molar-refractivity contribution in [3.05, 3.63) is 0 Å². The van der Waals surface area contributed by atoms with Gasteiger partial charge in [0.25, 0.3) is 0 Å². The molecule has 1 aliphatic rings. The SMILES string of the molecule is CC(C(=O)N1CC(=O)NC(=O)C1C)C(N)=NO. The minimum atomic E-state index is -0.888. The second-order valence-corrected chi connectivity index (χ2v) is 3.80. The number of carbonyl (C=O) groups is 3. The first-order chi connectivity index (χ1) is 7.88. The Morgan fingerprint density at radius 2 is 2.24 bits per heavy atom. The predicted molar refractivity (Wildman–Crippen MR) is 56.9 cm³/mol. The summed E-state index contributed by atoms with van der Waals surface area (Å²) >= 11 is 0. The van der Waals surface area contributed by atoms with Crippen molar-refractivity contribution >= 4 is 23.6 Å². The number of amides is 3. The van der Waals surface area contributed by atoms with E-state index in [1.165, 1.54) is 13.8 Å². The molecule has 0 spiro atoms. The fourth-order valence-electron chi connectivity index (χ4n) is 1.45. The van der Waals surface area contributed by atoms with Crippen LogP contribution in [0.25, 0.3) is 0 Å². The molecule has 0 aromatic carbocycles. The Labute approximate surface area is 97.4 Å². The second kappa shape index (κ2) is 4.81. The predicted octanol–water partition coefficient (Wildman–Crippen LogP) is -1.76. The number of amidine groups is 1. The Morgan fingerprint density at radius 3 is 2.76 bits per heavy atom. The van der Waals surface area contributed by atoms with Gasteiger partial charge in [-0.25, -0.2) is 0 Å². The molecule has 8 heteroatoms. The number of rotatable bonds is 2. The number of nitrogens with zero attached hydrogens (tertiary/aromatic N) is 2. The van der Waals surface area contributed by atoms with Crippen LogP contribution in [-0.4, -0.2) is 46.3 Å². The molecular formula is C9H14N4O4. The molecule has 0 aromatic rings. The first-order valence-electron chi connectivity index (χ1n) is 5.00. The number of nitrogens with one attached hydrogen (secondary N) is 1. The molecule has 1 aliphatic heterocycles. The molecule has 0 bridgehead atoms. The van der Waals surface area contributed by atoms with Crippen LogP contribution >= 0.6 is 0 Å². The minimum absolute atomic E-state index is 0.214. The van der Waals surface area contributed by atoms with Gasteiger partial charge in [0.1, 0.15) is 12.6 Å². The zero-order valence-electron chi connectivity index (χ0n) is 9.51. The maximum absolute atomic E-state index is 11.9. The standard InChI is InChI=1S/C9H14N4O4/c1-4(7(10)12-17)9(16)13-3-6(14)11-8(15)5(13)2/h4-5,17H,3H2,1-2H3,(H2,10,12)(H,11,14,15). The average Bonchev–Trinajstić information content (AvgIpc) is 2.30. The Bertz CT molecular complexity index is 392. The van der Waals surface area contributed by atoms with Crippen molar-refractivity contribution in [2.24, 2.45) is 16.8 Å². The zero-order chi connectivity index (χ0) is 13.2. The van der Waals surface area contributed by atoms with E-state index in [2.05, 4.69) is 10.5 Å². The molecule has 2 unspecified atom stereocenters. The summed E-state index contributed by atoms with van der Waals surface area (Å²) in [6.07, 6.45) is 0. The van der Waals surface area contributed by atoms with Crippen LogP contribution in [0.2, 0.25) is 0 Å². The monoisotopic (exact) mass is 242 g/mol. The molecule has 1 saturated heterocycles. The van der Waals surface area contributed by atoms with E-state index in [4.69, 9.17) is 10.9 Å². The number of piperazine rings is 1. The molecule has 17 heavy (non-hydrogen) atoms. The lowest BCUT2D eigenvalue weighted by Crippen LogP contribution is -2.60. The lowest BCUT2D eigenvalue weighted by atomic mass is 10.1. The fourth-order valence-corrected chi connectivity index (χ4v) is 1.45. The molecule has 94 valence electrons. The highest BCUT2D eigenvalue weighted by molar-refractivity contribution is 6.08. The van der Waals surface area contributed by atoms with E-state index in [9.17, 15) is 14.4 Å². The van der Waals surface area contributed by atoms with E-state index in [1.807, 2.05) is 0 Å². The smallest absolute Gasteiger partial charge is 0.249 e. The summed E-state index contributed by atoms with van der Waals surface area (Å²) in [6.45, 7) is 2.72. The molecule has 4 N–H and O–H groups in total. The van der Waals surface area contributed by atoms with Gasteiger partial charge in [0.05, 0.1) is 5.92 Å². The van der Waals surface area contributed by atoms with Gasteiger partial charge in [-0.1, -0.05) is 5.16 Å². The highest BCUT2D eigenvalue weighted by atomic mass is 16.4. The second-order valence-electron chi connectivity index (χ2n) is 3.80. The van der Waals surface area contributed by atoms with Crippen LogP contribution in [-0.2, 0) is 14.4 Å². The third-order valence-electron chi connectivity index (χ3n) is 2.64. The van der Waals surface area contributed by atoms with Gasteiger partial charge < -0.3 is 15.8 Å². The van der Waals surface area contributed by atoms with Gasteiger partial charge in [-0.15, -0.1) is 0 Å². The molecular weight excluding hydrogens is 228 g/mol. The van der Waals surface area contributed by atoms with Crippen molar-refractivity contribution in [3.8, 4) is 0 Å². The highest BCUT2D eigenvalue weighted by Gasteiger charge is 2.36. The van der Waals surface area contributed by atoms with Gasteiger partial charge in [-0.2, -0.15) is 0 Å². The van der Waals surface area contributed by atoms with E-state index >= 15 is 0 Å². The van der Waals surface area contributed by atoms with Crippen molar-refractivity contribution in [3.63, 3.8) is 0 Å². The van der Waals surface area contributed by atoms with E-state index in [0.717, 1.165) is 4.90 Å². The zero-order valence-corrected chi connectivity index (χ0v) is 9.51. The molecule has 1 rings (SSSR count). The van der Waals surface area contributed by atoms with Crippen LogP contribution in [0.5, 0.6) is 0 Å². The summed E-state index contributed by atoms with van der Waals surface area (Å²) in [6, 6.07) is -0.755. The van der Waals surface area contributed by atoms with E-state index in [0.29, 0.717) is 0 Å². The number of oxime groups is 1. The average molecular weight is 242 g/mol. The molecule has 1 fully saturated rings. The van der Waals surface area contributed by atoms with Gasteiger partial charge in [0.2, 0.25) is 17.7 Å². The summed E-state index contributed by atoms with van der Waals surface area (Å²) in [4.78, 5) is 35.5. The fraction of sp³-hybridized carbons (Fsp3) is 0.556. The number of nitrogens with two attached hydrogens (primary N) is 1. The van der Waals surface area contributed by atoms with Crippen molar-refractivity contribution in [2.45, 2.75) is 19.9 Å². The van der Waals surface area contributed by atoms with E-state index in [-0.39, 0.29) is 12.4 Å². The van der Waals surface area contributed by atoms with Crippen molar-refractivity contribution in [1.29, 1.82) is 0 Å². The third kappa shape index (κ3) is 2.52. The largest absolute Gasteiger partial charge is 0.409 e. The van der Waals surface area contributed by atoms with Crippen LogP contribution in [0.3, 0.4) is 0 Å². The Morgan fingerprint density at radius 1 is 1.65 bits per heavy atom. The summed E-state index contributed by atoms with van der Waals surface area (Å²) in [7, 11) is 0. The first kappa shape index (κ1) is 12.9. The molecule has 3 amide bonds. The van der Waals surface area contributed by atoms with E-state index in [1.54, 1.807) is 0 Å². The molecule has 1 heterocycles. The number of hydrogen-bond acceptors (Lipinski definition) is 5. The van der Waals surface area contributed by atoms with Gasteiger partial charge >= 0.3 is 0 Å². The van der Waals surface area contributed by atoms with E-state index < -0.39 is 29.7 Å². The van der Waals surface area contributed by atoms with Crippen LogP contribution in [0, 0.1) is 5.92 Å². The Hall–Kier alpha value is -2.12.